The van der Waals surface area contributed by atoms with E-state index in [-0.39, 0.29) is 5.91 Å². The fraction of sp³-hybridized carbons (Fsp3) is 0.154. The summed E-state index contributed by atoms with van der Waals surface area (Å²) in [6.45, 7) is 0.435. The summed E-state index contributed by atoms with van der Waals surface area (Å²) in [6, 6.07) is 7.19. The summed E-state index contributed by atoms with van der Waals surface area (Å²) in [5.74, 6) is -0.168. The highest BCUT2D eigenvalue weighted by atomic mass is 35.5. The maximum atomic E-state index is 12.1. The number of aromatic nitrogens is 2. The first-order chi connectivity index (χ1) is 8.68. The predicted molar refractivity (Wildman–Crippen MR) is 69.3 cm³/mol. The summed E-state index contributed by atoms with van der Waals surface area (Å²) in [5.41, 5.74) is 1.23. The third kappa shape index (κ3) is 2.84. The minimum absolute atomic E-state index is 0.168. The molecule has 0 aromatic carbocycles. The maximum absolute atomic E-state index is 12.1. The second-order valence-corrected chi connectivity index (χ2v) is 4.25. The molecule has 1 amide bonds. The number of nitrogens with zero attached hydrogens (tertiary/aromatic N) is 3. The molecule has 2 rings (SSSR count). The normalized spacial score (nSPS) is 10.1. The van der Waals surface area contributed by atoms with Crippen molar-refractivity contribution in [2.45, 2.75) is 6.54 Å². The van der Waals surface area contributed by atoms with Crippen LogP contribution in [0.2, 0.25) is 5.02 Å². The topological polar surface area (TPSA) is 46.1 Å². The number of pyridine rings is 2. The van der Waals surface area contributed by atoms with Crippen LogP contribution in [0.4, 0.5) is 0 Å². The van der Waals surface area contributed by atoms with Crippen LogP contribution in [0.5, 0.6) is 0 Å². The van der Waals surface area contributed by atoms with Gasteiger partial charge in [-0.3, -0.25) is 14.8 Å². The van der Waals surface area contributed by atoms with Crippen molar-refractivity contribution >= 4 is 17.5 Å². The average Bonchev–Trinajstić information content (AvgIpc) is 2.39. The van der Waals surface area contributed by atoms with Crippen LogP contribution in [0.1, 0.15) is 16.1 Å². The molecular formula is C13H12ClN3O. The molecule has 0 aliphatic carbocycles. The quantitative estimate of drug-likeness (QED) is 0.852. The van der Waals surface area contributed by atoms with Crippen LogP contribution in [-0.2, 0) is 6.54 Å². The van der Waals surface area contributed by atoms with E-state index in [2.05, 4.69) is 9.97 Å². The van der Waals surface area contributed by atoms with Gasteiger partial charge in [0.1, 0.15) is 0 Å². The minimum Gasteiger partial charge on any atom is -0.336 e. The summed E-state index contributed by atoms with van der Waals surface area (Å²) in [4.78, 5) is 21.8. The van der Waals surface area contributed by atoms with Crippen LogP contribution in [-0.4, -0.2) is 27.8 Å². The zero-order valence-electron chi connectivity index (χ0n) is 9.88. The summed E-state index contributed by atoms with van der Waals surface area (Å²) < 4.78 is 0. The van der Waals surface area contributed by atoms with Gasteiger partial charge in [0, 0.05) is 25.6 Å². The Morgan fingerprint density at radius 2 is 2.17 bits per heavy atom. The highest BCUT2D eigenvalue weighted by Crippen LogP contribution is 2.16. The van der Waals surface area contributed by atoms with Crippen molar-refractivity contribution in [1.82, 2.24) is 14.9 Å². The van der Waals surface area contributed by atoms with E-state index in [1.807, 2.05) is 18.2 Å². The first-order valence-corrected chi connectivity index (χ1v) is 5.81. The number of amides is 1. The second kappa shape index (κ2) is 5.60. The fourth-order valence-electron chi connectivity index (χ4n) is 1.55. The average molecular weight is 262 g/mol. The monoisotopic (exact) mass is 261 g/mol. The van der Waals surface area contributed by atoms with Crippen LogP contribution in [0.3, 0.4) is 0 Å². The third-order valence-electron chi connectivity index (χ3n) is 2.47. The summed E-state index contributed by atoms with van der Waals surface area (Å²) in [7, 11) is 1.71. The smallest absolute Gasteiger partial charge is 0.257 e. The number of carbonyl (C=O) groups excluding carboxylic acids is 1. The number of hydrogen-bond acceptors (Lipinski definition) is 3. The molecule has 0 unspecified atom stereocenters. The zero-order chi connectivity index (χ0) is 13.0. The molecule has 0 saturated carbocycles. The highest BCUT2D eigenvalue weighted by Gasteiger charge is 2.15. The van der Waals surface area contributed by atoms with Crippen molar-refractivity contribution < 1.29 is 4.79 Å². The molecule has 2 aromatic rings. The van der Waals surface area contributed by atoms with E-state index in [0.29, 0.717) is 17.1 Å². The molecule has 0 N–H and O–H groups in total. The Hall–Kier alpha value is -1.94. The van der Waals surface area contributed by atoms with Crippen molar-refractivity contribution in [3.05, 3.63) is 59.1 Å². The van der Waals surface area contributed by atoms with Gasteiger partial charge in [0.25, 0.3) is 5.91 Å². The SMILES string of the molecule is CN(Cc1ccccn1)C(=O)c1cnccc1Cl. The Balaban J connectivity index is 2.13. The van der Waals surface area contributed by atoms with Gasteiger partial charge in [-0.1, -0.05) is 17.7 Å². The molecule has 0 aliphatic heterocycles. The van der Waals surface area contributed by atoms with Crippen LogP contribution < -0.4 is 0 Å². The van der Waals surface area contributed by atoms with Crippen molar-refractivity contribution in [2.75, 3.05) is 7.05 Å². The Bertz CT molecular complexity index is 545. The van der Waals surface area contributed by atoms with Gasteiger partial charge in [-0.05, 0) is 18.2 Å². The molecule has 5 heteroatoms. The van der Waals surface area contributed by atoms with Crippen molar-refractivity contribution in [3.63, 3.8) is 0 Å². The van der Waals surface area contributed by atoms with E-state index in [4.69, 9.17) is 11.6 Å². The van der Waals surface area contributed by atoms with Gasteiger partial charge in [-0.15, -0.1) is 0 Å². The number of rotatable bonds is 3. The van der Waals surface area contributed by atoms with Gasteiger partial charge < -0.3 is 4.90 Å². The fourth-order valence-corrected chi connectivity index (χ4v) is 1.73. The molecule has 2 heterocycles. The van der Waals surface area contributed by atoms with E-state index in [1.165, 1.54) is 6.20 Å². The summed E-state index contributed by atoms with van der Waals surface area (Å²) in [6.07, 6.45) is 4.72. The van der Waals surface area contributed by atoms with Crippen molar-refractivity contribution in [1.29, 1.82) is 0 Å². The van der Waals surface area contributed by atoms with E-state index in [9.17, 15) is 4.79 Å². The molecule has 0 spiro atoms. The lowest BCUT2D eigenvalue weighted by molar-refractivity contribution is 0.0783. The first-order valence-electron chi connectivity index (χ1n) is 5.43. The molecule has 2 aromatic heterocycles. The molecule has 0 aliphatic rings. The van der Waals surface area contributed by atoms with Crippen LogP contribution in [0.15, 0.2) is 42.9 Å². The minimum atomic E-state index is -0.168. The van der Waals surface area contributed by atoms with Gasteiger partial charge in [-0.2, -0.15) is 0 Å². The van der Waals surface area contributed by atoms with Gasteiger partial charge >= 0.3 is 0 Å². The Kier molecular flexibility index (Phi) is 3.89. The number of carbonyl (C=O) groups is 1. The molecular weight excluding hydrogens is 250 g/mol. The van der Waals surface area contributed by atoms with Crippen molar-refractivity contribution in [3.8, 4) is 0 Å². The molecule has 4 nitrogen and oxygen atoms in total. The lowest BCUT2D eigenvalue weighted by Gasteiger charge is -2.17. The van der Waals surface area contributed by atoms with Crippen LogP contribution >= 0.6 is 11.6 Å². The highest BCUT2D eigenvalue weighted by molar-refractivity contribution is 6.33. The third-order valence-corrected chi connectivity index (χ3v) is 2.80. The van der Waals surface area contributed by atoms with E-state index >= 15 is 0 Å². The summed E-state index contributed by atoms with van der Waals surface area (Å²) in [5, 5.41) is 0.405. The molecule has 0 saturated heterocycles. The van der Waals surface area contributed by atoms with Gasteiger partial charge in [-0.25, -0.2) is 0 Å². The van der Waals surface area contributed by atoms with E-state index in [1.54, 1.807) is 30.4 Å². The van der Waals surface area contributed by atoms with E-state index in [0.717, 1.165) is 5.69 Å². The Labute approximate surface area is 110 Å². The van der Waals surface area contributed by atoms with Crippen LogP contribution in [0.25, 0.3) is 0 Å². The van der Waals surface area contributed by atoms with Gasteiger partial charge in [0.15, 0.2) is 0 Å². The largest absolute Gasteiger partial charge is 0.336 e. The molecule has 92 valence electrons. The Morgan fingerprint density at radius 1 is 1.33 bits per heavy atom. The molecule has 0 atom stereocenters. The van der Waals surface area contributed by atoms with Crippen molar-refractivity contribution in [2.24, 2.45) is 0 Å². The Morgan fingerprint density at radius 3 is 2.83 bits per heavy atom. The van der Waals surface area contributed by atoms with E-state index < -0.39 is 0 Å². The van der Waals surface area contributed by atoms with Gasteiger partial charge in [0.2, 0.25) is 0 Å². The van der Waals surface area contributed by atoms with Gasteiger partial charge in [0.05, 0.1) is 22.8 Å². The standard InChI is InChI=1S/C13H12ClN3O/c1-17(9-10-4-2-3-6-16-10)13(18)11-8-15-7-5-12(11)14/h2-8H,9H2,1H3. The molecule has 0 radical (unpaired) electrons. The number of halogens is 1. The van der Waals surface area contributed by atoms with Crippen LogP contribution in [0, 0.1) is 0 Å². The predicted octanol–water partition coefficient (Wildman–Crippen LogP) is 2.40. The second-order valence-electron chi connectivity index (χ2n) is 3.84. The number of hydrogen-bond donors (Lipinski definition) is 0. The summed E-state index contributed by atoms with van der Waals surface area (Å²) >= 11 is 5.96. The lowest BCUT2D eigenvalue weighted by Crippen LogP contribution is -2.26. The molecule has 0 fully saturated rings. The molecule has 0 bridgehead atoms. The first kappa shape index (κ1) is 12.5. The molecule has 18 heavy (non-hydrogen) atoms. The maximum Gasteiger partial charge on any atom is 0.257 e. The lowest BCUT2D eigenvalue weighted by atomic mass is 10.2. The zero-order valence-corrected chi connectivity index (χ0v) is 10.6.